The quantitative estimate of drug-likeness (QED) is 0.583. The van der Waals surface area contributed by atoms with Gasteiger partial charge in [-0.1, -0.05) is 47.6 Å². The Morgan fingerprint density at radius 1 is 1.04 bits per heavy atom. The van der Waals surface area contributed by atoms with Crippen molar-refractivity contribution in [2.24, 2.45) is 0 Å². The maximum atomic E-state index is 12.6. The van der Waals surface area contributed by atoms with Gasteiger partial charge >= 0.3 is 6.61 Å². The van der Waals surface area contributed by atoms with Crippen molar-refractivity contribution in [2.75, 3.05) is 0 Å². The Balaban J connectivity index is 1.50. The molecule has 1 fully saturated rings. The second-order valence-corrected chi connectivity index (χ2v) is 6.51. The second-order valence-electron chi connectivity index (χ2n) is 6.51. The standard InChI is InChI=1S/C20H19F2N3O2/c21-20(22)26-17-9-5-4-8-16(17)19-23-18(27-24-19)13-25(15-10-11-15)12-14-6-2-1-3-7-14/h1-9,15,20H,10-13H2. The molecule has 0 bridgehead atoms. The summed E-state index contributed by atoms with van der Waals surface area (Å²) in [4.78, 5) is 6.70. The predicted octanol–water partition coefficient (Wildman–Crippen LogP) is 4.50. The molecule has 1 heterocycles. The molecule has 0 atom stereocenters. The molecule has 1 aromatic heterocycles. The number of ether oxygens (including phenoxy) is 1. The minimum absolute atomic E-state index is 0.0307. The van der Waals surface area contributed by atoms with Crippen LogP contribution in [0.2, 0.25) is 0 Å². The number of hydrogen-bond donors (Lipinski definition) is 0. The Morgan fingerprint density at radius 3 is 2.52 bits per heavy atom. The fourth-order valence-corrected chi connectivity index (χ4v) is 3.02. The SMILES string of the molecule is FC(F)Oc1ccccc1-c1noc(CN(Cc2ccccc2)C2CC2)n1. The van der Waals surface area contributed by atoms with Crippen molar-refractivity contribution in [2.45, 2.75) is 38.6 Å². The maximum Gasteiger partial charge on any atom is 0.387 e. The van der Waals surface area contributed by atoms with Crippen LogP contribution < -0.4 is 4.74 Å². The molecule has 27 heavy (non-hydrogen) atoms. The minimum Gasteiger partial charge on any atom is -0.434 e. The molecule has 5 nitrogen and oxygen atoms in total. The van der Waals surface area contributed by atoms with E-state index in [1.807, 2.05) is 18.2 Å². The van der Waals surface area contributed by atoms with E-state index in [4.69, 9.17) is 4.52 Å². The zero-order valence-electron chi connectivity index (χ0n) is 14.6. The topological polar surface area (TPSA) is 51.4 Å². The molecule has 7 heteroatoms. The highest BCUT2D eigenvalue weighted by atomic mass is 19.3. The Bertz CT molecular complexity index is 882. The van der Waals surface area contributed by atoms with E-state index in [9.17, 15) is 8.78 Å². The Kier molecular flexibility index (Phi) is 5.11. The van der Waals surface area contributed by atoms with Crippen LogP contribution in [0.25, 0.3) is 11.4 Å². The van der Waals surface area contributed by atoms with Gasteiger partial charge in [-0.3, -0.25) is 4.90 Å². The van der Waals surface area contributed by atoms with Crippen LogP contribution in [0.15, 0.2) is 59.1 Å². The van der Waals surface area contributed by atoms with E-state index in [-0.39, 0.29) is 11.6 Å². The van der Waals surface area contributed by atoms with Crippen molar-refractivity contribution in [1.82, 2.24) is 15.0 Å². The number of benzene rings is 2. The van der Waals surface area contributed by atoms with Crippen LogP contribution in [-0.4, -0.2) is 27.7 Å². The van der Waals surface area contributed by atoms with Gasteiger partial charge in [0.2, 0.25) is 11.7 Å². The first-order valence-corrected chi connectivity index (χ1v) is 8.84. The third-order valence-corrected chi connectivity index (χ3v) is 4.44. The summed E-state index contributed by atoms with van der Waals surface area (Å²) in [6.07, 6.45) is 2.30. The molecule has 0 spiro atoms. The Morgan fingerprint density at radius 2 is 1.78 bits per heavy atom. The molecule has 140 valence electrons. The molecule has 0 amide bonds. The zero-order valence-corrected chi connectivity index (χ0v) is 14.6. The van der Waals surface area contributed by atoms with Crippen LogP contribution >= 0.6 is 0 Å². The van der Waals surface area contributed by atoms with Crippen molar-refractivity contribution in [1.29, 1.82) is 0 Å². The lowest BCUT2D eigenvalue weighted by Gasteiger charge is -2.19. The first-order valence-electron chi connectivity index (χ1n) is 8.84. The molecular formula is C20H19F2N3O2. The lowest BCUT2D eigenvalue weighted by Crippen LogP contribution is -2.25. The number of rotatable bonds is 8. The highest BCUT2D eigenvalue weighted by molar-refractivity contribution is 5.63. The molecule has 2 aromatic carbocycles. The van der Waals surface area contributed by atoms with Gasteiger partial charge in [0.15, 0.2) is 0 Å². The zero-order chi connectivity index (χ0) is 18.6. The number of aromatic nitrogens is 2. The van der Waals surface area contributed by atoms with Gasteiger partial charge in [0, 0.05) is 12.6 Å². The Hall–Kier alpha value is -2.80. The fourth-order valence-electron chi connectivity index (χ4n) is 3.02. The van der Waals surface area contributed by atoms with Crippen molar-refractivity contribution in [3.63, 3.8) is 0 Å². The van der Waals surface area contributed by atoms with Gasteiger partial charge < -0.3 is 9.26 Å². The molecule has 3 aromatic rings. The molecule has 0 saturated heterocycles. The number of para-hydroxylation sites is 1. The summed E-state index contributed by atoms with van der Waals surface area (Å²) >= 11 is 0. The van der Waals surface area contributed by atoms with Crippen LogP contribution in [-0.2, 0) is 13.1 Å². The van der Waals surface area contributed by atoms with E-state index >= 15 is 0 Å². The summed E-state index contributed by atoms with van der Waals surface area (Å²) in [5.74, 6) is 0.736. The van der Waals surface area contributed by atoms with E-state index in [0.717, 1.165) is 19.4 Å². The van der Waals surface area contributed by atoms with Gasteiger partial charge in [-0.15, -0.1) is 0 Å². The maximum absolute atomic E-state index is 12.6. The highest BCUT2D eigenvalue weighted by Crippen LogP contribution is 2.31. The lowest BCUT2D eigenvalue weighted by atomic mass is 10.2. The molecule has 4 rings (SSSR count). The van der Waals surface area contributed by atoms with Crippen LogP contribution in [0.1, 0.15) is 24.3 Å². The van der Waals surface area contributed by atoms with Gasteiger partial charge in [-0.2, -0.15) is 13.8 Å². The van der Waals surface area contributed by atoms with Gasteiger partial charge in [0.05, 0.1) is 12.1 Å². The normalized spacial score (nSPS) is 14.1. The molecule has 0 unspecified atom stereocenters. The lowest BCUT2D eigenvalue weighted by molar-refractivity contribution is -0.0494. The summed E-state index contributed by atoms with van der Waals surface area (Å²) in [7, 11) is 0. The highest BCUT2D eigenvalue weighted by Gasteiger charge is 2.30. The fraction of sp³-hybridized carbons (Fsp3) is 0.300. The summed E-state index contributed by atoms with van der Waals surface area (Å²) in [6.45, 7) is -1.59. The van der Waals surface area contributed by atoms with E-state index in [1.165, 1.54) is 11.6 Å². The number of nitrogens with zero attached hydrogens (tertiary/aromatic N) is 3. The first-order chi connectivity index (χ1) is 13.2. The summed E-state index contributed by atoms with van der Waals surface area (Å²) in [5.41, 5.74) is 1.61. The van der Waals surface area contributed by atoms with E-state index < -0.39 is 6.61 Å². The molecule has 1 saturated carbocycles. The van der Waals surface area contributed by atoms with Crippen LogP contribution in [0, 0.1) is 0 Å². The largest absolute Gasteiger partial charge is 0.434 e. The molecular weight excluding hydrogens is 352 g/mol. The predicted molar refractivity (Wildman–Crippen MR) is 95.1 cm³/mol. The van der Waals surface area contributed by atoms with Crippen molar-refractivity contribution >= 4 is 0 Å². The summed E-state index contributed by atoms with van der Waals surface area (Å²) < 4.78 is 35.1. The van der Waals surface area contributed by atoms with Gasteiger partial charge in [0.25, 0.3) is 0 Å². The number of alkyl halides is 2. The molecule has 0 aliphatic heterocycles. The van der Waals surface area contributed by atoms with Crippen molar-refractivity contribution < 1.29 is 18.0 Å². The third kappa shape index (κ3) is 4.49. The molecule has 1 aliphatic rings. The second kappa shape index (κ2) is 7.84. The van der Waals surface area contributed by atoms with E-state index in [1.54, 1.807) is 18.2 Å². The molecule has 0 N–H and O–H groups in total. The van der Waals surface area contributed by atoms with Crippen molar-refractivity contribution in [3.8, 4) is 17.1 Å². The van der Waals surface area contributed by atoms with Gasteiger partial charge in [0.1, 0.15) is 5.75 Å². The molecule has 0 radical (unpaired) electrons. The third-order valence-electron chi connectivity index (χ3n) is 4.44. The van der Waals surface area contributed by atoms with Crippen LogP contribution in [0.5, 0.6) is 5.75 Å². The minimum atomic E-state index is -2.91. The van der Waals surface area contributed by atoms with Crippen LogP contribution in [0.3, 0.4) is 0 Å². The average molecular weight is 371 g/mol. The molecule has 1 aliphatic carbocycles. The van der Waals surface area contributed by atoms with Gasteiger partial charge in [-0.25, -0.2) is 0 Å². The smallest absolute Gasteiger partial charge is 0.387 e. The number of halogens is 2. The van der Waals surface area contributed by atoms with Gasteiger partial charge in [-0.05, 0) is 30.5 Å². The van der Waals surface area contributed by atoms with E-state index in [0.29, 0.717) is 24.0 Å². The Labute approximate surface area is 155 Å². The van der Waals surface area contributed by atoms with E-state index in [2.05, 4.69) is 31.9 Å². The summed E-state index contributed by atoms with van der Waals surface area (Å²) in [6, 6.07) is 17.2. The van der Waals surface area contributed by atoms with Crippen LogP contribution in [0.4, 0.5) is 8.78 Å². The summed E-state index contributed by atoms with van der Waals surface area (Å²) in [5, 5.41) is 3.96. The van der Waals surface area contributed by atoms with Crippen molar-refractivity contribution in [3.05, 3.63) is 66.1 Å². The average Bonchev–Trinajstić information content (AvgIpc) is 3.42. The monoisotopic (exact) mass is 371 g/mol. The number of hydrogen-bond acceptors (Lipinski definition) is 5. The first kappa shape index (κ1) is 17.6.